The van der Waals surface area contributed by atoms with E-state index in [1.165, 1.54) is 11.3 Å². The highest BCUT2D eigenvalue weighted by atomic mass is 35.5. The zero-order chi connectivity index (χ0) is 19.4. The number of nitrogens with one attached hydrogen (secondary N) is 1. The fourth-order valence-corrected chi connectivity index (χ4v) is 2.44. The first-order valence-electron chi connectivity index (χ1n) is 8.42. The monoisotopic (exact) mass is 394 g/mol. The molecule has 1 aliphatic rings. The molecular weight excluding hydrogens is 371 g/mol. The van der Waals surface area contributed by atoms with E-state index in [4.69, 9.17) is 23.2 Å². The van der Waals surface area contributed by atoms with Crippen LogP contribution in [-0.2, 0) is 0 Å². The van der Waals surface area contributed by atoms with Crippen LogP contribution in [0.15, 0.2) is 58.2 Å². The minimum atomic E-state index is -0.326. The molecule has 2 amide bonds. The number of allylic oxidation sites excluding steroid dienone is 4. The smallest absolute Gasteiger partial charge is 0.297 e. The summed E-state index contributed by atoms with van der Waals surface area (Å²) in [6.07, 6.45) is 7.65. The summed E-state index contributed by atoms with van der Waals surface area (Å²) in [4.78, 5) is 15.9. The SMILES string of the molecule is C/C=C(\C=C/CCl)C/C(=N\N1CN=CNC1=O)c1ccccc1Cl.CC. The van der Waals surface area contributed by atoms with Crippen molar-refractivity contribution in [3.8, 4) is 0 Å². The van der Waals surface area contributed by atoms with E-state index in [9.17, 15) is 4.79 Å². The van der Waals surface area contributed by atoms with Gasteiger partial charge in [-0.2, -0.15) is 10.1 Å². The molecular formula is C19H24Cl2N4O. The van der Waals surface area contributed by atoms with Gasteiger partial charge in [0.2, 0.25) is 0 Å². The van der Waals surface area contributed by atoms with E-state index in [-0.39, 0.29) is 12.7 Å². The molecule has 0 spiro atoms. The van der Waals surface area contributed by atoms with E-state index in [2.05, 4.69) is 15.4 Å². The lowest BCUT2D eigenvalue weighted by Gasteiger charge is -2.20. The van der Waals surface area contributed by atoms with Crippen LogP contribution in [0.25, 0.3) is 0 Å². The van der Waals surface area contributed by atoms with Crippen molar-refractivity contribution in [2.45, 2.75) is 27.2 Å². The molecule has 0 radical (unpaired) electrons. The summed E-state index contributed by atoms with van der Waals surface area (Å²) in [6, 6.07) is 7.09. The van der Waals surface area contributed by atoms with Gasteiger partial charge in [0, 0.05) is 22.9 Å². The molecule has 26 heavy (non-hydrogen) atoms. The first kappa shape index (κ1) is 21.9. The van der Waals surface area contributed by atoms with Gasteiger partial charge in [-0.3, -0.25) is 10.3 Å². The standard InChI is InChI=1S/C17H18Cl2N4O.C2H6/c1-2-13(6-5-9-18)10-16(14-7-3-4-8-15(14)19)22-23-12-20-11-21-17(23)24;1-2/h2-8,11H,9-10,12H2,1H3,(H,20,21,24);1-2H3/b6-5-,13-2+,22-16+;. The third-order valence-electron chi connectivity index (χ3n) is 3.32. The third kappa shape index (κ3) is 6.65. The summed E-state index contributed by atoms with van der Waals surface area (Å²) >= 11 is 12.0. The largest absolute Gasteiger partial charge is 0.344 e. The van der Waals surface area contributed by atoms with Crippen LogP contribution in [0.4, 0.5) is 4.79 Å². The summed E-state index contributed by atoms with van der Waals surface area (Å²) in [5.74, 6) is 0.430. The van der Waals surface area contributed by atoms with E-state index in [1.807, 2.05) is 57.2 Å². The number of halogens is 2. The Morgan fingerprint density at radius 1 is 1.38 bits per heavy atom. The Hall–Kier alpha value is -2.11. The van der Waals surface area contributed by atoms with E-state index in [0.29, 0.717) is 23.0 Å². The molecule has 2 rings (SSSR count). The van der Waals surface area contributed by atoms with Gasteiger partial charge in [-0.1, -0.05) is 61.9 Å². The second kappa shape index (κ2) is 12.3. The van der Waals surface area contributed by atoms with Gasteiger partial charge in [0.05, 0.1) is 12.1 Å². The molecule has 1 aromatic rings. The van der Waals surface area contributed by atoms with Crippen LogP contribution in [0, 0.1) is 0 Å². The minimum Gasteiger partial charge on any atom is -0.297 e. The molecule has 0 fully saturated rings. The molecule has 0 aliphatic carbocycles. The van der Waals surface area contributed by atoms with Crippen LogP contribution in [0.5, 0.6) is 0 Å². The summed E-state index contributed by atoms with van der Waals surface area (Å²) in [5.41, 5.74) is 2.48. The van der Waals surface area contributed by atoms with Crippen molar-refractivity contribution in [3.63, 3.8) is 0 Å². The fourth-order valence-electron chi connectivity index (χ4n) is 2.11. The molecule has 1 heterocycles. The topological polar surface area (TPSA) is 57.1 Å². The van der Waals surface area contributed by atoms with E-state index in [0.717, 1.165) is 11.1 Å². The lowest BCUT2D eigenvalue weighted by atomic mass is 10.0. The molecule has 5 nitrogen and oxygen atoms in total. The molecule has 0 atom stereocenters. The van der Waals surface area contributed by atoms with Crippen LogP contribution < -0.4 is 5.32 Å². The van der Waals surface area contributed by atoms with Gasteiger partial charge in [0.25, 0.3) is 0 Å². The molecule has 1 N–H and O–H groups in total. The van der Waals surface area contributed by atoms with E-state index >= 15 is 0 Å². The van der Waals surface area contributed by atoms with Gasteiger partial charge in [-0.05, 0) is 18.6 Å². The van der Waals surface area contributed by atoms with Crippen molar-refractivity contribution in [2.24, 2.45) is 10.1 Å². The van der Waals surface area contributed by atoms with E-state index < -0.39 is 0 Å². The lowest BCUT2D eigenvalue weighted by molar-refractivity contribution is 0.204. The first-order valence-corrected chi connectivity index (χ1v) is 9.33. The number of nitrogens with zero attached hydrogens (tertiary/aromatic N) is 3. The number of benzene rings is 1. The maximum absolute atomic E-state index is 11.9. The Kier molecular flexibility index (Phi) is 10.4. The Balaban J connectivity index is 0.00000163. The molecule has 1 aromatic carbocycles. The zero-order valence-electron chi connectivity index (χ0n) is 15.2. The molecule has 0 saturated heterocycles. The summed E-state index contributed by atoms with van der Waals surface area (Å²) in [7, 11) is 0. The Morgan fingerprint density at radius 2 is 2.12 bits per heavy atom. The van der Waals surface area contributed by atoms with Gasteiger partial charge >= 0.3 is 6.03 Å². The van der Waals surface area contributed by atoms with Gasteiger partial charge in [-0.15, -0.1) is 11.6 Å². The Bertz CT molecular complexity index is 711. The average Bonchev–Trinajstić information content (AvgIpc) is 2.68. The third-order valence-corrected chi connectivity index (χ3v) is 3.83. The first-order chi connectivity index (χ1) is 12.7. The quantitative estimate of drug-likeness (QED) is 0.401. The normalized spacial score (nSPS) is 15.0. The number of carbonyl (C=O) groups excluding carboxylic acids is 1. The van der Waals surface area contributed by atoms with Crippen LogP contribution >= 0.6 is 23.2 Å². The molecule has 0 unspecified atom stereocenters. The van der Waals surface area contributed by atoms with Gasteiger partial charge in [-0.25, -0.2) is 4.79 Å². The highest BCUT2D eigenvalue weighted by Gasteiger charge is 2.17. The Labute approximate surface area is 165 Å². The van der Waals surface area contributed by atoms with Crippen LogP contribution in [0.1, 0.15) is 32.8 Å². The number of carbonyl (C=O) groups is 1. The summed E-state index contributed by atoms with van der Waals surface area (Å²) < 4.78 is 0. The maximum atomic E-state index is 11.9. The van der Waals surface area contributed by atoms with Gasteiger partial charge < -0.3 is 0 Å². The maximum Gasteiger partial charge on any atom is 0.344 e. The van der Waals surface area contributed by atoms with E-state index in [1.54, 1.807) is 6.07 Å². The molecule has 7 heteroatoms. The van der Waals surface area contributed by atoms with Crippen molar-refractivity contribution < 1.29 is 4.79 Å². The van der Waals surface area contributed by atoms with Gasteiger partial charge in [0.1, 0.15) is 6.67 Å². The second-order valence-electron chi connectivity index (χ2n) is 4.93. The molecule has 0 saturated carbocycles. The highest BCUT2D eigenvalue weighted by molar-refractivity contribution is 6.34. The number of urea groups is 1. The molecule has 0 aromatic heterocycles. The molecule has 1 aliphatic heterocycles. The number of aliphatic imine (C=N–C) groups is 1. The average molecular weight is 395 g/mol. The summed E-state index contributed by atoms with van der Waals surface area (Å²) in [5, 5.41) is 8.84. The number of alkyl halides is 1. The van der Waals surface area contributed by atoms with Crippen molar-refractivity contribution in [1.29, 1.82) is 0 Å². The molecule has 0 bridgehead atoms. The predicted molar refractivity (Wildman–Crippen MR) is 111 cm³/mol. The number of hydrogen-bond donors (Lipinski definition) is 1. The number of rotatable bonds is 6. The fraction of sp³-hybridized carbons (Fsp3) is 0.316. The van der Waals surface area contributed by atoms with Crippen molar-refractivity contribution in [3.05, 3.63) is 58.7 Å². The van der Waals surface area contributed by atoms with Crippen molar-refractivity contribution in [2.75, 3.05) is 12.5 Å². The second-order valence-corrected chi connectivity index (χ2v) is 5.64. The molecule has 140 valence electrons. The number of hydrazone groups is 1. The number of hydrogen-bond acceptors (Lipinski definition) is 3. The van der Waals surface area contributed by atoms with Gasteiger partial charge in [0.15, 0.2) is 0 Å². The lowest BCUT2D eigenvalue weighted by Crippen LogP contribution is -2.40. The van der Waals surface area contributed by atoms with Crippen LogP contribution in [-0.4, -0.2) is 35.6 Å². The Morgan fingerprint density at radius 3 is 2.73 bits per heavy atom. The minimum absolute atomic E-state index is 0.169. The zero-order valence-corrected chi connectivity index (χ0v) is 16.8. The highest BCUT2D eigenvalue weighted by Crippen LogP contribution is 2.21. The van der Waals surface area contributed by atoms with Crippen molar-refractivity contribution >= 4 is 41.3 Å². The van der Waals surface area contributed by atoms with Crippen LogP contribution in [0.3, 0.4) is 0 Å². The van der Waals surface area contributed by atoms with Crippen molar-refractivity contribution in [1.82, 2.24) is 10.3 Å². The van der Waals surface area contributed by atoms with Crippen LogP contribution in [0.2, 0.25) is 5.02 Å². The summed E-state index contributed by atoms with van der Waals surface area (Å²) in [6.45, 7) is 6.11. The predicted octanol–water partition coefficient (Wildman–Crippen LogP) is 5.21. The number of amides is 2.